The van der Waals surface area contributed by atoms with E-state index in [0.717, 1.165) is 12.8 Å². The van der Waals surface area contributed by atoms with Crippen LogP contribution in [0.3, 0.4) is 0 Å². The van der Waals surface area contributed by atoms with Crippen LogP contribution in [0, 0.1) is 5.92 Å². The molecule has 0 saturated heterocycles. The fourth-order valence-electron chi connectivity index (χ4n) is 2.58. The molecular weight excluding hydrogens is 218 g/mol. The lowest BCUT2D eigenvalue weighted by Gasteiger charge is -2.37. The Balaban J connectivity index is 2.46. The molecule has 0 amide bonds. The lowest BCUT2D eigenvalue weighted by molar-refractivity contribution is -0.150. The maximum atomic E-state index is 11.8. The monoisotopic (exact) mass is 235 g/mol. The van der Waals surface area contributed by atoms with Crippen molar-refractivity contribution in [3.05, 3.63) is 34.7 Å². The molecule has 92 valence electrons. The molecule has 1 aliphatic carbocycles. The van der Waals surface area contributed by atoms with Gasteiger partial charge < -0.3 is 5.11 Å². The predicted octanol–water partition coefficient (Wildman–Crippen LogP) is 1.84. The lowest BCUT2D eigenvalue weighted by atomic mass is 9.77. The first-order valence-electron chi connectivity index (χ1n) is 5.98. The standard InChI is InChI=1S/C13H17NO3/c1-10-5-7-13(8-6-10,12(16)17)14-9-3-2-4-11(14)15/h2-4,9-10H,5-8H2,1H3,(H,16,17). The Morgan fingerprint density at radius 2 is 2.06 bits per heavy atom. The lowest BCUT2D eigenvalue weighted by Crippen LogP contribution is -2.49. The molecule has 1 aromatic rings. The second-order valence-corrected chi connectivity index (χ2v) is 4.93. The Kier molecular flexibility index (Phi) is 3.05. The van der Waals surface area contributed by atoms with E-state index in [1.807, 2.05) is 0 Å². The molecule has 0 aromatic carbocycles. The molecule has 0 unspecified atom stereocenters. The highest BCUT2D eigenvalue weighted by Gasteiger charge is 2.43. The SMILES string of the molecule is CC1CCC(C(=O)O)(n2ccccc2=O)CC1. The summed E-state index contributed by atoms with van der Waals surface area (Å²) in [6, 6.07) is 4.77. The zero-order valence-corrected chi connectivity index (χ0v) is 9.93. The molecule has 1 fully saturated rings. The van der Waals surface area contributed by atoms with Crippen LogP contribution >= 0.6 is 0 Å². The predicted molar refractivity (Wildman–Crippen MR) is 63.9 cm³/mol. The minimum absolute atomic E-state index is 0.232. The van der Waals surface area contributed by atoms with Crippen molar-refractivity contribution in [3.63, 3.8) is 0 Å². The van der Waals surface area contributed by atoms with E-state index in [9.17, 15) is 14.7 Å². The van der Waals surface area contributed by atoms with Crippen molar-refractivity contribution in [2.24, 2.45) is 5.92 Å². The van der Waals surface area contributed by atoms with Crippen molar-refractivity contribution < 1.29 is 9.90 Å². The van der Waals surface area contributed by atoms with Gasteiger partial charge in [-0.15, -0.1) is 0 Å². The Bertz CT molecular complexity index is 470. The summed E-state index contributed by atoms with van der Waals surface area (Å²) in [7, 11) is 0. The molecule has 1 saturated carbocycles. The maximum Gasteiger partial charge on any atom is 0.329 e. The van der Waals surface area contributed by atoms with E-state index in [1.54, 1.807) is 18.3 Å². The number of carbonyl (C=O) groups is 1. The third-order valence-corrected chi connectivity index (χ3v) is 3.78. The van der Waals surface area contributed by atoms with Crippen molar-refractivity contribution in [3.8, 4) is 0 Å². The molecule has 1 N–H and O–H groups in total. The first-order valence-corrected chi connectivity index (χ1v) is 5.98. The van der Waals surface area contributed by atoms with E-state index in [-0.39, 0.29) is 5.56 Å². The van der Waals surface area contributed by atoms with Gasteiger partial charge in [0.2, 0.25) is 0 Å². The number of hydrogen-bond acceptors (Lipinski definition) is 2. The third kappa shape index (κ3) is 1.99. The van der Waals surface area contributed by atoms with Crippen LogP contribution in [0.4, 0.5) is 0 Å². The van der Waals surface area contributed by atoms with E-state index < -0.39 is 11.5 Å². The van der Waals surface area contributed by atoms with Gasteiger partial charge in [-0.25, -0.2) is 4.79 Å². The minimum Gasteiger partial charge on any atom is -0.479 e. The van der Waals surface area contributed by atoms with E-state index in [0.29, 0.717) is 18.8 Å². The number of carboxylic acids is 1. The quantitative estimate of drug-likeness (QED) is 0.850. The Morgan fingerprint density at radius 1 is 1.41 bits per heavy atom. The fourth-order valence-corrected chi connectivity index (χ4v) is 2.58. The second kappa shape index (κ2) is 4.35. The molecule has 0 bridgehead atoms. The fraction of sp³-hybridized carbons (Fsp3) is 0.538. The van der Waals surface area contributed by atoms with Crippen LogP contribution in [0.5, 0.6) is 0 Å². The van der Waals surface area contributed by atoms with Crippen molar-refractivity contribution in [1.29, 1.82) is 0 Å². The van der Waals surface area contributed by atoms with Crippen LogP contribution in [-0.2, 0) is 10.3 Å². The highest BCUT2D eigenvalue weighted by molar-refractivity contribution is 5.76. The average Bonchev–Trinajstić information content (AvgIpc) is 2.31. The number of aliphatic carboxylic acids is 1. The number of rotatable bonds is 2. The summed E-state index contributed by atoms with van der Waals surface area (Å²) in [6.07, 6.45) is 4.37. The van der Waals surface area contributed by atoms with Crippen LogP contribution in [0.2, 0.25) is 0 Å². The van der Waals surface area contributed by atoms with Crippen LogP contribution in [0.25, 0.3) is 0 Å². The van der Waals surface area contributed by atoms with Gasteiger partial charge in [0.05, 0.1) is 0 Å². The van der Waals surface area contributed by atoms with Gasteiger partial charge in [0, 0.05) is 12.3 Å². The Hall–Kier alpha value is -1.58. The first-order chi connectivity index (χ1) is 8.06. The van der Waals surface area contributed by atoms with Crippen molar-refractivity contribution in [2.45, 2.75) is 38.1 Å². The van der Waals surface area contributed by atoms with Gasteiger partial charge in [-0.2, -0.15) is 0 Å². The summed E-state index contributed by atoms with van der Waals surface area (Å²) in [5, 5.41) is 9.49. The first kappa shape index (κ1) is 11.9. The summed E-state index contributed by atoms with van der Waals surface area (Å²) in [5.74, 6) is -0.348. The smallest absolute Gasteiger partial charge is 0.329 e. The van der Waals surface area contributed by atoms with Crippen molar-refractivity contribution in [2.75, 3.05) is 0 Å². The van der Waals surface area contributed by atoms with Gasteiger partial charge in [-0.3, -0.25) is 9.36 Å². The number of aromatic nitrogens is 1. The summed E-state index contributed by atoms with van der Waals surface area (Å²) < 4.78 is 1.39. The van der Waals surface area contributed by atoms with Gasteiger partial charge in [0.15, 0.2) is 0 Å². The topological polar surface area (TPSA) is 59.3 Å². The summed E-state index contributed by atoms with van der Waals surface area (Å²) >= 11 is 0. The molecule has 0 spiro atoms. The molecule has 1 heterocycles. The normalized spacial score (nSPS) is 28.9. The number of carboxylic acid groups (broad SMARTS) is 1. The minimum atomic E-state index is -1.04. The van der Waals surface area contributed by atoms with Gasteiger partial charge in [0.25, 0.3) is 5.56 Å². The molecule has 17 heavy (non-hydrogen) atoms. The molecule has 0 aliphatic heterocycles. The van der Waals surface area contributed by atoms with E-state index in [1.165, 1.54) is 10.6 Å². The molecule has 4 heteroatoms. The zero-order chi connectivity index (χ0) is 12.5. The van der Waals surface area contributed by atoms with Gasteiger partial charge in [-0.05, 0) is 37.7 Å². The maximum absolute atomic E-state index is 11.8. The molecule has 0 atom stereocenters. The molecule has 0 radical (unpaired) electrons. The van der Waals surface area contributed by atoms with Crippen LogP contribution in [0.1, 0.15) is 32.6 Å². The van der Waals surface area contributed by atoms with Gasteiger partial charge in [-0.1, -0.05) is 13.0 Å². The molecule has 4 nitrogen and oxygen atoms in total. The van der Waals surface area contributed by atoms with Crippen LogP contribution in [-0.4, -0.2) is 15.6 Å². The summed E-state index contributed by atoms with van der Waals surface area (Å²) in [6.45, 7) is 2.12. The molecule has 1 aliphatic rings. The second-order valence-electron chi connectivity index (χ2n) is 4.93. The third-order valence-electron chi connectivity index (χ3n) is 3.78. The Labute approximate surface area is 99.9 Å². The molecule has 1 aromatic heterocycles. The Morgan fingerprint density at radius 3 is 2.59 bits per heavy atom. The van der Waals surface area contributed by atoms with E-state index in [2.05, 4.69) is 6.92 Å². The van der Waals surface area contributed by atoms with Gasteiger partial charge >= 0.3 is 5.97 Å². The summed E-state index contributed by atoms with van der Waals surface area (Å²) in [5.41, 5.74) is -1.27. The van der Waals surface area contributed by atoms with E-state index >= 15 is 0 Å². The zero-order valence-electron chi connectivity index (χ0n) is 9.93. The van der Waals surface area contributed by atoms with Crippen LogP contribution < -0.4 is 5.56 Å². The van der Waals surface area contributed by atoms with Crippen molar-refractivity contribution in [1.82, 2.24) is 4.57 Å². The van der Waals surface area contributed by atoms with Crippen LogP contribution in [0.15, 0.2) is 29.2 Å². The highest BCUT2D eigenvalue weighted by atomic mass is 16.4. The van der Waals surface area contributed by atoms with Gasteiger partial charge in [0.1, 0.15) is 5.54 Å². The number of nitrogens with zero attached hydrogens (tertiary/aromatic N) is 1. The average molecular weight is 235 g/mol. The highest BCUT2D eigenvalue weighted by Crippen LogP contribution is 2.36. The number of hydrogen-bond donors (Lipinski definition) is 1. The van der Waals surface area contributed by atoms with E-state index in [4.69, 9.17) is 0 Å². The van der Waals surface area contributed by atoms with Crippen molar-refractivity contribution >= 4 is 5.97 Å². The summed E-state index contributed by atoms with van der Waals surface area (Å²) in [4.78, 5) is 23.4. The molecule has 2 rings (SSSR count). The largest absolute Gasteiger partial charge is 0.479 e. The molecular formula is C13H17NO3. The number of pyridine rings is 1.